The van der Waals surface area contributed by atoms with Crippen molar-refractivity contribution in [3.05, 3.63) is 35.9 Å². The van der Waals surface area contributed by atoms with E-state index in [0.29, 0.717) is 38.8 Å². The fraction of sp³-hybridized carbons (Fsp3) is 0.633. The number of rotatable bonds is 16. The second-order valence-corrected chi connectivity index (χ2v) is 10.1. The van der Waals surface area contributed by atoms with E-state index in [-0.39, 0.29) is 24.2 Å². The summed E-state index contributed by atoms with van der Waals surface area (Å²) in [5.41, 5.74) is 17.1. The van der Waals surface area contributed by atoms with E-state index < -0.39 is 29.9 Å². The highest BCUT2D eigenvalue weighted by Gasteiger charge is 2.37. The standard InChI is InChI=1S/C28H45N7O4.C2H6/c1-2-3-4-8-16-24(36)33-22(19-20-12-6-5-7-13-20)27(39)35-18-10-9-15-23(35)26(38)34-21(25(29)37)14-11-17-32-28(30)31;1-2/h5-7,12-13,21-23H,2-4,8-11,14-19H2,1H3,(H2,29,37)(H,33,36)(H,34,38)(H4,30,31,32);1-2H3. The van der Waals surface area contributed by atoms with Gasteiger partial charge in [-0.15, -0.1) is 0 Å². The fourth-order valence-corrected chi connectivity index (χ4v) is 4.75. The van der Waals surface area contributed by atoms with Crippen molar-refractivity contribution in [3.8, 4) is 0 Å². The van der Waals surface area contributed by atoms with E-state index in [9.17, 15) is 19.2 Å². The smallest absolute Gasteiger partial charge is 0.246 e. The number of aliphatic imine (C=N–C) groups is 1. The highest BCUT2D eigenvalue weighted by molar-refractivity contribution is 5.94. The Hall–Kier alpha value is -3.63. The summed E-state index contributed by atoms with van der Waals surface area (Å²) < 4.78 is 0. The summed E-state index contributed by atoms with van der Waals surface area (Å²) in [4.78, 5) is 57.3. The quantitative estimate of drug-likeness (QED) is 0.114. The third kappa shape index (κ3) is 13.5. The molecule has 0 radical (unpaired) electrons. The highest BCUT2D eigenvalue weighted by atomic mass is 16.2. The minimum Gasteiger partial charge on any atom is -0.370 e. The van der Waals surface area contributed by atoms with Gasteiger partial charge < -0.3 is 32.7 Å². The molecule has 11 heteroatoms. The molecule has 1 aromatic carbocycles. The summed E-state index contributed by atoms with van der Waals surface area (Å²) in [5.74, 6) is -1.63. The second-order valence-electron chi connectivity index (χ2n) is 10.1. The van der Waals surface area contributed by atoms with Gasteiger partial charge >= 0.3 is 0 Å². The highest BCUT2D eigenvalue weighted by Crippen LogP contribution is 2.20. The zero-order valence-electron chi connectivity index (χ0n) is 25.1. The lowest BCUT2D eigenvalue weighted by atomic mass is 9.97. The van der Waals surface area contributed by atoms with Crippen LogP contribution in [0.1, 0.15) is 90.5 Å². The summed E-state index contributed by atoms with van der Waals surface area (Å²) in [5, 5.41) is 5.66. The monoisotopic (exact) mass is 573 g/mol. The molecule has 1 heterocycles. The normalized spacial score (nSPS) is 15.9. The van der Waals surface area contributed by atoms with Crippen LogP contribution in [0.4, 0.5) is 0 Å². The average molecular weight is 574 g/mol. The Kier molecular flexibility index (Phi) is 17.5. The lowest BCUT2D eigenvalue weighted by Crippen LogP contribution is -2.59. The average Bonchev–Trinajstić information content (AvgIpc) is 2.97. The van der Waals surface area contributed by atoms with Crippen molar-refractivity contribution in [1.29, 1.82) is 0 Å². The van der Waals surface area contributed by atoms with E-state index in [0.717, 1.165) is 44.1 Å². The van der Waals surface area contributed by atoms with Crippen LogP contribution in [-0.2, 0) is 25.6 Å². The number of unbranched alkanes of at least 4 members (excludes halogenated alkanes) is 3. The number of carbonyl (C=O) groups is 4. The predicted molar refractivity (Wildman–Crippen MR) is 163 cm³/mol. The van der Waals surface area contributed by atoms with Crippen LogP contribution in [-0.4, -0.2) is 65.7 Å². The first kappa shape index (κ1) is 35.4. The van der Waals surface area contributed by atoms with Crippen LogP contribution in [0.5, 0.6) is 0 Å². The second kappa shape index (κ2) is 20.3. The van der Waals surface area contributed by atoms with Gasteiger partial charge in [0.25, 0.3) is 0 Å². The number of hydrogen-bond donors (Lipinski definition) is 5. The largest absolute Gasteiger partial charge is 0.370 e. The zero-order chi connectivity index (χ0) is 30.6. The molecule has 1 aliphatic rings. The number of amides is 4. The van der Waals surface area contributed by atoms with E-state index in [2.05, 4.69) is 22.5 Å². The molecule has 230 valence electrons. The van der Waals surface area contributed by atoms with Crippen LogP contribution in [0.15, 0.2) is 35.3 Å². The topological polar surface area (TPSA) is 186 Å². The number of guanidine groups is 1. The first-order valence-electron chi connectivity index (χ1n) is 15.0. The van der Waals surface area contributed by atoms with Gasteiger partial charge in [-0.05, 0) is 44.1 Å². The predicted octanol–water partition coefficient (Wildman–Crippen LogP) is 2.12. The molecule has 41 heavy (non-hydrogen) atoms. The fourth-order valence-electron chi connectivity index (χ4n) is 4.75. The van der Waals surface area contributed by atoms with Crippen molar-refractivity contribution in [2.24, 2.45) is 22.2 Å². The van der Waals surface area contributed by atoms with Crippen LogP contribution >= 0.6 is 0 Å². The van der Waals surface area contributed by atoms with Crippen molar-refractivity contribution in [2.45, 2.75) is 110 Å². The number of piperidine rings is 1. The minimum atomic E-state index is -0.909. The van der Waals surface area contributed by atoms with E-state index in [1.54, 1.807) is 4.90 Å². The maximum Gasteiger partial charge on any atom is 0.246 e. The molecule has 3 atom stereocenters. The maximum absolute atomic E-state index is 13.8. The van der Waals surface area contributed by atoms with Gasteiger partial charge in [0.05, 0.1) is 0 Å². The van der Waals surface area contributed by atoms with Gasteiger partial charge in [0.15, 0.2) is 5.96 Å². The van der Waals surface area contributed by atoms with Gasteiger partial charge in [-0.1, -0.05) is 70.4 Å². The molecule has 4 amide bonds. The summed E-state index contributed by atoms with van der Waals surface area (Å²) >= 11 is 0. The maximum atomic E-state index is 13.8. The molecule has 0 aromatic heterocycles. The molecule has 1 aromatic rings. The van der Waals surface area contributed by atoms with Crippen LogP contribution in [0.2, 0.25) is 0 Å². The summed E-state index contributed by atoms with van der Waals surface area (Å²) in [6.07, 6.45) is 7.21. The number of nitrogens with two attached hydrogens (primary N) is 3. The molecular formula is C30H51N7O4. The number of primary amides is 1. The van der Waals surface area contributed by atoms with Crippen molar-refractivity contribution < 1.29 is 19.2 Å². The van der Waals surface area contributed by atoms with Crippen LogP contribution < -0.4 is 27.8 Å². The van der Waals surface area contributed by atoms with Crippen LogP contribution in [0.3, 0.4) is 0 Å². The molecule has 11 nitrogen and oxygen atoms in total. The van der Waals surface area contributed by atoms with Gasteiger partial charge in [-0.25, -0.2) is 0 Å². The van der Waals surface area contributed by atoms with Crippen molar-refractivity contribution in [3.63, 3.8) is 0 Å². The summed E-state index contributed by atoms with van der Waals surface area (Å²) in [6, 6.07) is 7.02. The Bertz CT molecular complexity index is 967. The van der Waals surface area contributed by atoms with Gasteiger partial charge in [0.1, 0.15) is 18.1 Å². The minimum absolute atomic E-state index is 0.0517. The molecule has 0 bridgehead atoms. The molecule has 8 N–H and O–H groups in total. The van der Waals surface area contributed by atoms with E-state index in [4.69, 9.17) is 17.2 Å². The third-order valence-electron chi connectivity index (χ3n) is 6.87. The van der Waals surface area contributed by atoms with E-state index >= 15 is 0 Å². The first-order valence-corrected chi connectivity index (χ1v) is 15.0. The molecule has 0 aliphatic carbocycles. The van der Waals surface area contributed by atoms with Gasteiger partial charge in [-0.3, -0.25) is 24.2 Å². The van der Waals surface area contributed by atoms with Gasteiger partial charge in [-0.2, -0.15) is 0 Å². The number of carbonyl (C=O) groups excluding carboxylic acids is 4. The molecule has 3 unspecified atom stereocenters. The molecular weight excluding hydrogens is 522 g/mol. The summed E-state index contributed by atoms with van der Waals surface area (Å²) in [7, 11) is 0. The molecule has 1 aliphatic heterocycles. The number of benzene rings is 1. The molecule has 2 rings (SSSR count). The van der Waals surface area contributed by atoms with Crippen LogP contribution in [0, 0.1) is 0 Å². The Morgan fingerprint density at radius 2 is 1.66 bits per heavy atom. The summed E-state index contributed by atoms with van der Waals surface area (Å²) in [6.45, 7) is 6.80. The number of nitrogens with zero attached hydrogens (tertiary/aromatic N) is 2. The number of likely N-dealkylation sites (tertiary alicyclic amines) is 1. The van der Waals surface area contributed by atoms with Crippen molar-refractivity contribution in [2.75, 3.05) is 13.1 Å². The molecule has 1 saturated heterocycles. The third-order valence-corrected chi connectivity index (χ3v) is 6.87. The van der Waals surface area contributed by atoms with Gasteiger partial charge in [0.2, 0.25) is 23.6 Å². The molecule has 0 spiro atoms. The lowest BCUT2D eigenvalue weighted by molar-refractivity contribution is -0.145. The Labute approximate surface area is 245 Å². The van der Waals surface area contributed by atoms with E-state index in [1.165, 1.54) is 0 Å². The molecule has 0 saturated carbocycles. The van der Waals surface area contributed by atoms with Crippen molar-refractivity contribution in [1.82, 2.24) is 15.5 Å². The van der Waals surface area contributed by atoms with Crippen LogP contribution in [0.25, 0.3) is 0 Å². The number of nitrogens with one attached hydrogen (secondary N) is 2. The van der Waals surface area contributed by atoms with Gasteiger partial charge in [0, 0.05) is 25.9 Å². The molecule has 1 fully saturated rings. The Balaban J connectivity index is 0.00000411. The zero-order valence-corrected chi connectivity index (χ0v) is 25.1. The Morgan fingerprint density at radius 1 is 0.951 bits per heavy atom. The van der Waals surface area contributed by atoms with E-state index in [1.807, 2.05) is 44.2 Å². The first-order chi connectivity index (χ1) is 19.7. The number of hydrogen-bond acceptors (Lipinski definition) is 5. The lowest BCUT2D eigenvalue weighted by Gasteiger charge is -2.37. The Morgan fingerprint density at radius 3 is 2.29 bits per heavy atom. The van der Waals surface area contributed by atoms with Crippen molar-refractivity contribution >= 4 is 29.6 Å². The SMILES string of the molecule is CC.CCCCCCC(=O)NC(Cc1ccccc1)C(=O)N1CCCCC1C(=O)NC(CCCN=C(N)N)C(N)=O.